The van der Waals surface area contributed by atoms with E-state index in [2.05, 4.69) is 56.7 Å². The van der Waals surface area contributed by atoms with E-state index in [-0.39, 0.29) is 12.4 Å². The van der Waals surface area contributed by atoms with Gasteiger partial charge in [0.05, 0.1) is 5.69 Å². The molecule has 0 radical (unpaired) electrons. The molecule has 1 spiro atoms. The SMILES string of the molecule is CC(C)n1nccc1CN(Cc1ccsc1)C1CC12CCNCC2.Cl. The Bertz CT molecular complexity index is 661. The lowest BCUT2D eigenvalue weighted by Gasteiger charge is -2.29. The number of thiophene rings is 1. The molecule has 2 fully saturated rings. The second-order valence-corrected chi connectivity index (χ2v) is 8.51. The maximum Gasteiger partial charge on any atom is 0.0527 e. The predicted octanol–water partition coefficient (Wildman–Crippen LogP) is 4.09. The van der Waals surface area contributed by atoms with Gasteiger partial charge in [0, 0.05) is 31.4 Å². The monoisotopic (exact) mass is 380 g/mol. The standard InChI is InChI=1S/C19H28N4S.ClH/c1-15(2)23-17(3-7-21-23)13-22(12-16-4-10-24-14-16)18-11-19(18)5-8-20-9-6-19;/h3-4,7,10,14-15,18,20H,5-6,8-9,11-13H2,1-2H3;1H. The summed E-state index contributed by atoms with van der Waals surface area (Å²) in [5.41, 5.74) is 3.37. The molecule has 1 atom stereocenters. The summed E-state index contributed by atoms with van der Waals surface area (Å²) < 4.78 is 2.18. The van der Waals surface area contributed by atoms with Gasteiger partial charge in [0.2, 0.25) is 0 Å². The van der Waals surface area contributed by atoms with Gasteiger partial charge in [0.15, 0.2) is 0 Å². The Balaban J connectivity index is 0.00000182. The fourth-order valence-electron chi connectivity index (χ4n) is 4.34. The molecule has 1 unspecified atom stereocenters. The molecule has 2 aromatic rings. The van der Waals surface area contributed by atoms with Crippen molar-refractivity contribution >= 4 is 23.7 Å². The maximum absolute atomic E-state index is 4.53. The zero-order valence-electron chi connectivity index (χ0n) is 15.1. The van der Waals surface area contributed by atoms with E-state index in [0.29, 0.717) is 11.5 Å². The van der Waals surface area contributed by atoms with E-state index in [9.17, 15) is 0 Å². The fraction of sp³-hybridized carbons (Fsp3) is 0.632. The number of aromatic nitrogens is 2. The Labute approximate surface area is 161 Å². The number of halogens is 1. The van der Waals surface area contributed by atoms with E-state index in [4.69, 9.17) is 0 Å². The van der Waals surface area contributed by atoms with E-state index in [0.717, 1.165) is 19.1 Å². The van der Waals surface area contributed by atoms with Crippen LogP contribution in [0, 0.1) is 5.41 Å². The number of nitrogens with zero attached hydrogens (tertiary/aromatic N) is 3. The van der Waals surface area contributed by atoms with Gasteiger partial charge in [-0.2, -0.15) is 16.4 Å². The van der Waals surface area contributed by atoms with E-state index in [1.165, 1.54) is 43.6 Å². The van der Waals surface area contributed by atoms with Gasteiger partial charge in [-0.05, 0) is 80.1 Å². The molecule has 4 nitrogen and oxygen atoms in total. The minimum atomic E-state index is 0. The lowest BCUT2D eigenvalue weighted by Crippen LogP contribution is -2.36. The molecule has 6 heteroatoms. The van der Waals surface area contributed by atoms with Crippen LogP contribution in [0.4, 0.5) is 0 Å². The Morgan fingerprint density at radius 3 is 2.80 bits per heavy atom. The minimum absolute atomic E-state index is 0. The second-order valence-electron chi connectivity index (χ2n) is 7.73. The molecule has 1 N–H and O–H groups in total. The van der Waals surface area contributed by atoms with Crippen molar-refractivity contribution in [2.24, 2.45) is 5.41 Å². The summed E-state index contributed by atoms with van der Waals surface area (Å²) in [6.45, 7) is 8.87. The van der Waals surface area contributed by atoms with Crippen LogP contribution in [-0.2, 0) is 13.1 Å². The van der Waals surface area contributed by atoms with Crippen molar-refractivity contribution in [3.8, 4) is 0 Å². The van der Waals surface area contributed by atoms with Gasteiger partial charge in [0.25, 0.3) is 0 Å². The van der Waals surface area contributed by atoms with Crippen molar-refractivity contribution in [2.45, 2.75) is 58.3 Å². The zero-order chi connectivity index (χ0) is 16.6. The summed E-state index contributed by atoms with van der Waals surface area (Å²) in [6.07, 6.45) is 5.99. The van der Waals surface area contributed by atoms with Crippen molar-refractivity contribution in [1.82, 2.24) is 20.0 Å². The molecular formula is C19H29ClN4S. The van der Waals surface area contributed by atoms with Gasteiger partial charge in [-0.1, -0.05) is 0 Å². The first kappa shape index (κ1) is 18.9. The maximum atomic E-state index is 4.53. The van der Waals surface area contributed by atoms with E-state index < -0.39 is 0 Å². The Kier molecular flexibility index (Phi) is 5.88. The van der Waals surface area contributed by atoms with Gasteiger partial charge in [-0.15, -0.1) is 12.4 Å². The normalized spacial score (nSPS) is 21.7. The summed E-state index contributed by atoms with van der Waals surface area (Å²) >= 11 is 1.80. The Morgan fingerprint density at radius 2 is 2.12 bits per heavy atom. The highest BCUT2D eigenvalue weighted by molar-refractivity contribution is 7.07. The molecule has 0 bridgehead atoms. The molecular weight excluding hydrogens is 352 g/mol. The first-order valence-corrected chi connectivity index (χ1v) is 10.1. The molecule has 0 amide bonds. The molecule has 138 valence electrons. The third-order valence-corrected chi connectivity index (χ3v) is 6.49. The van der Waals surface area contributed by atoms with Gasteiger partial charge in [0.1, 0.15) is 0 Å². The first-order valence-electron chi connectivity index (χ1n) is 9.16. The first-order chi connectivity index (χ1) is 11.7. The van der Waals surface area contributed by atoms with Crippen LogP contribution in [0.5, 0.6) is 0 Å². The van der Waals surface area contributed by atoms with Gasteiger partial charge < -0.3 is 5.32 Å². The summed E-state index contributed by atoms with van der Waals surface area (Å²) in [4.78, 5) is 2.71. The van der Waals surface area contributed by atoms with Crippen molar-refractivity contribution in [3.05, 3.63) is 40.3 Å². The topological polar surface area (TPSA) is 33.1 Å². The highest BCUT2D eigenvalue weighted by Gasteiger charge is 2.56. The predicted molar refractivity (Wildman–Crippen MR) is 106 cm³/mol. The summed E-state index contributed by atoms with van der Waals surface area (Å²) in [7, 11) is 0. The molecule has 2 aromatic heterocycles. The highest BCUT2D eigenvalue weighted by atomic mass is 35.5. The minimum Gasteiger partial charge on any atom is -0.317 e. The van der Waals surface area contributed by atoms with Crippen LogP contribution in [0.2, 0.25) is 0 Å². The van der Waals surface area contributed by atoms with Crippen LogP contribution < -0.4 is 5.32 Å². The quantitative estimate of drug-likeness (QED) is 0.819. The van der Waals surface area contributed by atoms with E-state index in [1.54, 1.807) is 11.3 Å². The molecule has 0 aromatic carbocycles. The van der Waals surface area contributed by atoms with Crippen LogP contribution in [0.3, 0.4) is 0 Å². The van der Waals surface area contributed by atoms with Crippen molar-refractivity contribution in [2.75, 3.05) is 13.1 Å². The summed E-state index contributed by atoms with van der Waals surface area (Å²) in [5.74, 6) is 0. The lowest BCUT2D eigenvalue weighted by atomic mass is 9.93. The lowest BCUT2D eigenvalue weighted by molar-refractivity contribution is 0.182. The van der Waals surface area contributed by atoms with Gasteiger partial charge in [-0.25, -0.2) is 0 Å². The number of nitrogens with one attached hydrogen (secondary N) is 1. The van der Waals surface area contributed by atoms with Crippen molar-refractivity contribution in [3.63, 3.8) is 0 Å². The third-order valence-electron chi connectivity index (χ3n) is 5.76. The molecule has 3 heterocycles. The molecule has 25 heavy (non-hydrogen) atoms. The van der Waals surface area contributed by atoms with Crippen LogP contribution in [-0.4, -0.2) is 33.8 Å². The largest absolute Gasteiger partial charge is 0.317 e. The van der Waals surface area contributed by atoms with Crippen LogP contribution in [0.25, 0.3) is 0 Å². The average Bonchev–Trinajstić information content (AvgIpc) is 2.99. The Morgan fingerprint density at radius 1 is 1.32 bits per heavy atom. The number of hydrogen-bond acceptors (Lipinski definition) is 4. The number of piperidine rings is 1. The molecule has 1 aliphatic heterocycles. The molecule has 1 saturated carbocycles. The van der Waals surface area contributed by atoms with Crippen LogP contribution in [0.1, 0.15) is 50.4 Å². The molecule has 1 saturated heterocycles. The van der Waals surface area contributed by atoms with Crippen molar-refractivity contribution in [1.29, 1.82) is 0 Å². The smallest absolute Gasteiger partial charge is 0.0527 e. The number of hydrogen-bond donors (Lipinski definition) is 1. The van der Waals surface area contributed by atoms with Gasteiger partial charge in [-0.3, -0.25) is 9.58 Å². The molecule has 1 aliphatic carbocycles. The van der Waals surface area contributed by atoms with E-state index in [1.807, 2.05) is 6.20 Å². The number of rotatable bonds is 6. The van der Waals surface area contributed by atoms with E-state index >= 15 is 0 Å². The fourth-order valence-corrected chi connectivity index (χ4v) is 5.00. The van der Waals surface area contributed by atoms with Gasteiger partial charge >= 0.3 is 0 Å². The molecule has 2 aliphatic rings. The van der Waals surface area contributed by atoms with Crippen LogP contribution in [0.15, 0.2) is 29.1 Å². The second kappa shape index (κ2) is 7.78. The van der Waals surface area contributed by atoms with Crippen molar-refractivity contribution < 1.29 is 0 Å². The third kappa shape index (κ3) is 3.95. The summed E-state index contributed by atoms with van der Waals surface area (Å²) in [6, 6.07) is 5.62. The van der Waals surface area contributed by atoms with Crippen LogP contribution >= 0.6 is 23.7 Å². The average molecular weight is 381 g/mol. The highest BCUT2D eigenvalue weighted by Crippen LogP contribution is 2.56. The molecule has 4 rings (SSSR count). The summed E-state index contributed by atoms with van der Waals surface area (Å²) in [5, 5.41) is 12.5. The Hall–Kier alpha value is -0.880. The zero-order valence-corrected chi connectivity index (χ0v) is 16.8.